The zero-order valence-electron chi connectivity index (χ0n) is 14.3. The van der Waals surface area contributed by atoms with Gasteiger partial charge in [-0.25, -0.2) is 0 Å². The molecule has 0 aromatic carbocycles. The molecule has 23 heavy (non-hydrogen) atoms. The Kier molecular flexibility index (Phi) is 13.7. The van der Waals surface area contributed by atoms with Crippen LogP contribution in [0, 0.1) is 0 Å². The fourth-order valence-corrected chi connectivity index (χ4v) is 3.68. The van der Waals surface area contributed by atoms with Gasteiger partial charge in [-0.05, 0) is 39.4 Å². The zero-order valence-corrected chi connectivity index (χ0v) is 16.3. The van der Waals surface area contributed by atoms with E-state index in [1.54, 1.807) is 26.8 Å². The van der Waals surface area contributed by atoms with Gasteiger partial charge in [-0.2, -0.15) is 0 Å². The number of carbonyl (C=O) groups is 2. The Morgan fingerprint density at radius 3 is 2.52 bits per heavy atom. The van der Waals surface area contributed by atoms with E-state index >= 15 is 0 Å². The molecule has 1 unspecified atom stereocenters. The predicted molar refractivity (Wildman–Crippen MR) is 90.6 cm³/mol. The number of nitrogens with one attached hydrogen (secondary N) is 1. The highest BCUT2D eigenvalue weighted by atomic mass is 28.3. The molecule has 0 spiro atoms. The van der Waals surface area contributed by atoms with Crippen LogP contribution < -0.4 is 5.32 Å². The van der Waals surface area contributed by atoms with E-state index in [0.29, 0.717) is 22.9 Å². The summed E-state index contributed by atoms with van der Waals surface area (Å²) in [6.45, 7) is 6.57. The van der Waals surface area contributed by atoms with Crippen LogP contribution in [-0.2, 0) is 27.9 Å². The molecule has 0 fully saturated rings. The van der Waals surface area contributed by atoms with Crippen LogP contribution in [0.3, 0.4) is 0 Å². The van der Waals surface area contributed by atoms with Gasteiger partial charge in [0.05, 0.1) is 32.6 Å². The first kappa shape index (κ1) is 21.8. The summed E-state index contributed by atoms with van der Waals surface area (Å²) < 4.78 is 20.5. The van der Waals surface area contributed by atoms with E-state index in [9.17, 15) is 9.59 Å². The lowest BCUT2D eigenvalue weighted by Gasteiger charge is -2.16. The van der Waals surface area contributed by atoms with E-state index in [-0.39, 0.29) is 13.0 Å². The van der Waals surface area contributed by atoms with Crippen LogP contribution in [0.2, 0.25) is 12.6 Å². The fourth-order valence-electron chi connectivity index (χ4n) is 1.74. The minimum Gasteiger partial charge on any atom is -0.551 e. The average molecular weight is 362 g/mol. The summed E-state index contributed by atoms with van der Waals surface area (Å²) in [5.74, 6) is 0.940. The van der Waals surface area contributed by atoms with Crippen LogP contribution in [0.4, 0.5) is 0 Å². The standard InChI is InChI=1S/C14H27NO6Si2/c1-5-19-13(16)10-12(14(17)20-6-2)15-8-7-9-23(18-3)11-21-22-4/h11-12,15H,5-10H2,1-4H3/b23-11+. The molecule has 1 atom stereocenters. The monoisotopic (exact) mass is 361 g/mol. The molecule has 0 aliphatic carbocycles. The van der Waals surface area contributed by atoms with E-state index in [4.69, 9.17) is 18.3 Å². The van der Waals surface area contributed by atoms with Gasteiger partial charge >= 0.3 is 21.7 Å². The summed E-state index contributed by atoms with van der Waals surface area (Å²) in [5.41, 5.74) is 0. The van der Waals surface area contributed by atoms with Crippen molar-refractivity contribution in [3.05, 3.63) is 0 Å². The lowest BCUT2D eigenvalue weighted by Crippen LogP contribution is -2.40. The molecular formula is C14H27NO6Si2. The van der Waals surface area contributed by atoms with Gasteiger partial charge in [-0.15, -0.1) is 0 Å². The van der Waals surface area contributed by atoms with Crippen molar-refractivity contribution in [2.75, 3.05) is 26.9 Å². The van der Waals surface area contributed by atoms with Crippen LogP contribution in [0.1, 0.15) is 26.7 Å². The maximum absolute atomic E-state index is 11.9. The quantitative estimate of drug-likeness (QED) is 0.291. The SMILES string of the molecule is CCOC(=O)CC(NCCC/[Si](=C\O[Si]C)OC)C(=O)OCC. The van der Waals surface area contributed by atoms with Crippen LogP contribution in [0.5, 0.6) is 0 Å². The average Bonchev–Trinajstić information content (AvgIpc) is 2.53. The van der Waals surface area contributed by atoms with Crippen molar-refractivity contribution in [1.29, 1.82) is 0 Å². The third-order valence-electron chi connectivity index (χ3n) is 2.81. The van der Waals surface area contributed by atoms with E-state index in [1.807, 2.05) is 6.55 Å². The molecule has 0 aliphatic rings. The van der Waals surface area contributed by atoms with Crippen molar-refractivity contribution >= 4 is 36.2 Å². The normalized spacial score (nSPS) is 12.4. The summed E-state index contributed by atoms with van der Waals surface area (Å²) in [5, 5.41) is 3.06. The third-order valence-corrected chi connectivity index (χ3v) is 5.15. The topological polar surface area (TPSA) is 83.1 Å². The second-order valence-electron chi connectivity index (χ2n) is 4.48. The van der Waals surface area contributed by atoms with Crippen LogP contribution in [0.15, 0.2) is 0 Å². The summed E-state index contributed by atoms with van der Waals surface area (Å²) in [6.07, 6.45) is 0.786. The molecule has 0 amide bonds. The molecular weight excluding hydrogens is 334 g/mol. The zero-order chi connectivity index (χ0) is 17.5. The molecule has 0 aliphatic heterocycles. The fraction of sp³-hybridized carbons (Fsp3) is 0.786. The molecule has 2 radical (unpaired) electrons. The van der Waals surface area contributed by atoms with E-state index in [2.05, 4.69) is 5.32 Å². The molecule has 7 nitrogen and oxygen atoms in total. The number of carbonyl (C=O) groups excluding carboxylic acids is 2. The Bertz CT molecular complexity index is 378. The van der Waals surface area contributed by atoms with Crippen molar-refractivity contribution in [2.24, 2.45) is 0 Å². The van der Waals surface area contributed by atoms with Crippen molar-refractivity contribution in [2.45, 2.75) is 45.3 Å². The smallest absolute Gasteiger partial charge is 0.323 e. The van der Waals surface area contributed by atoms with Gasteiger partial charge in [0.1, 0.15) is 6.04 Å². The van der Waals surface area contributed by atoms with Gasteiger partial charge in [0, 0.05) is 0 Å². The molecule has 0 aromatic rings. The van der Waals surface area contributed by atoms with Gasteiger partial charge in [0.25, 0.3) is 8.65 Å². The molecule has 0 heterocycles. The first-order valence-electron chi connectivity index (χ1n) is 7.70. The van der Waals surface area contributed by atoms with Crippen LogP contribution in [-0.4, -0.2) is 69.1 Å². The van der Waals surface area contributed by atoms with Gasteiger partial charge in [-0.1, -0.05) is 0 Å². The van der Waals surface area contributed by atoms with E-state index in [1.165, 1.54) is 0 Å². The molecule has 0 aromatic heterocycles. The Labute approximate surface area is 142 Å². The highest BCUT2D eigenvalue weighted by Gasteiger charge is 2.23. The molecule has 9 heteroatoms. The minimum atomic E-state index is -1.09. The summed E-state index contributed by atoms with van der Waals surface area (Å²) in [4.78, 5) is 23.4. The van der Waals surface area contributed by atoms with Crippen molar-refractivity contribution in [3.8, 4) is 0 Å². The summed E-state index contributed by atoms with van der Waals surface area (Å²) in [7, 11) is 0.985. The van der Waals surface area contributed by atoms with Gasteiger partial charge < -0.3 is 23.6 Å². The summed E-state index contributed by atoms with van der Waals surface area (Å²) in [6, 6.07) is 0.178. The Hall–Kier alpha value is -1.20. The highest BCUT2D eigenvalue weighted by molar-refractivity contribution is 6.60. The maximum Gasteiger partial charge on any atom is 0.323 e. The van der Waals surface area contributed by atoms with Crippen LogP contribution >= 0.6 is 0 Å². The van der Waals surface area contributed by atoms with Gasteiger partial charge in [-0.3, -0.25) is 9.59 Å². The Morgan fingerprint density at radius 1 is 1.26 bits per heavy atom. The largest absolute Gasteiger partial charge is 0.551 e. The second-order valence-corrected chi connectivity index (χ2v) is 7.20. The molecule has 0 bridgehead atoms. The number of rotatable bonds is 13. The summed E-state index contributed by atoms with van der Waals surface area (Å²) >= 11 is 0. The minimum absolute atomic E-state index is 0.0268. The van der Waals surface area contributed by atoms with Crippen molar-refractivity contribution in [1.82, 2.24) is 5.32 Å². The lowest BCUT2D eigenvalue weighted by molar-refractivity contribution is -0.152. The third kappa shape index (κ3) is 11.0. The van der Waals surface area contributed by atoms with Gasteiger partial charge in [0.15, 0.2) is 0 Å². The van der Waals surface area contributed by atoms with Crippen LogP contribution in [0.25, 0.3) is 0 Å². The highest BCUT2D eigenvalue weighted by Crippen LogP contribution is 2.00. The molecule has 1 N–H and O–H groups in total. The van der Waals surface area contributed by atoms with E-state index in [0.717, 1.165) is 12.5 Å². The number of ether oxygens (including phenoxy) is 2. The first-order valence-corrected chi connectivity index (χ1v) is 10.8. The number of hydrogen-bond donors (Lipinski definition) is 1. The molecule has 0 saturated carbocycles. The number of esters is 2. The molecule has 0 saturated heterocycles. The number of hydrogen-bond acceptors (Lipinski definition) is 7. The Morgan fingerprint density at radius 2 is 1.96 bits per heavy atom. The lowest BCUT2D eigenvalue weighted by atomic mass is 10.2. The van der Waals surface area contributed by atoms with Crippen molar-refractivity contribution in [3.63, 3.8) is 0 Å². The maximum atomic E-state index is 11.9. The van der Waals surface area contributed by atoms with Crippen molar-refractivity contribution < 1.29 is 27.9 Å². The molecule has 0 rings (SSSR count). The molecule has 132 valence electrons. The first-order chi connectivity index (χ1) is 11.1. The van der Waals surface area contributed by atoms with E-state index < -0.39 is 26.6 Å². The predicted octanol–water partition coefficient (Wildman–Crippen LogP) is 0.514. The van der Waals surface area contributed by atoms with Gasteiger partial charge in [0.2, 0.25) is 0 Å². The second kappa shape index (κ2) is 14.4. The Balaban J connectivity index is 4.32.